The quantitative estimate of drug-likeness (QED) is 0.128. The molecule has 178 valence electrons. The van der Waals surface area contributed by atoms with E-state index in [0.717, 1.165) is 18.4 Å². The Bertz CT molecular complexity index is 689. The molecule has 2 N–H and O–H groups in total. The van der Waals surface area contributed by atoms with Crippen LogP contribution in [0, 0.1) is 0 Å². The van der Waals surface area contributed by atoms with Gasteiger partial charge in [-0.05, 0) is 24.1 Å². The van der Waals surface area contributed by atoms with Crippen LogP contribution in [0.5, 0.6) is 5.75 Å². The summed E-state index contributed by atoms with van der Waals surface area (Å²) in [5.74, 6) is 0.259. The minimum atomic E-state index is -0.354. The molecule has 0 heterocycles. The Morgan fingerprint density at radius 1 is 0.969 bits per heavy atom. The zero-order valence-electron chi connectivity index (χ0n) is 19.7. The van der Waals surface area contributed by atoms with Gasteiger partial charge in [0.25, 0.3) is 5.91 Å². The van der Waals surface area contributed by atoms with Gasteiger partial charge in [-0.15, -0.1) is 0 Å². The molecule has 1 rings (SSSR count). The summed E-state index contributed by atoms with van der Waals surface area (Å²) in [5, 5.41) is 6.57. The summed E-state index contributed by atoms with van der Waals surface area (Å²) in [6.07, 6.45) is 17.4. The molecule has 1 aromatic rings. The smallest absolute Gasteiger partial charge is 0.259 e. The van der Waals surface area contributed by atoms with Crippen molar-refractivity contribution in [2.24, 2.45) is 5.10 Å². The second kappa shape index (κ2) is 19.1. The van der Waals surface area contributed by atoms with E-state index in [0.29, 0.717) is 18.8 Å². The molecule has 0 spiro atoms. The van der Waals surface area contributed by atoms with E-state index < -0.39 is 0 Å². The van der Waals surface area contributed by atoms with Gasteiger partial charge in [0.15, 0.2) is 0 Å². The molecule has 0 aliphatic rings. The molecule has 6 heteroatoms. The molecule has 0 radical (unpaired) electrons. The topological polar surface area (TPSA) is 79.8 Å². The number of hydrazone groups is 1. The molecule has 0 fully saturated rings. The molecular weight excluding hydrogens is 402 g/mol. The van der Waals surface area contributed by atoms with Gasteiger partial charge < -0.3 is 10.1 Å². The lowest BCUT2D eigenvalue weighted by Crippen LogP contribution is -2.34. The van der Waals surface area contributed by atoms with E-state index in [1.54, 1.807) is 6.08 Å². The average molecular weight is 444 g/mol. The van der Waals surface area contributed by atoms with Crippen LogP contribution in [0.15, 0.2) is 42.0 Å². The molecule has 0 atom stereocenters. The Hall–Kier alpha value is -2.63. The lowest BCUT2D eigenvalue weighted by atomic mass is 10.1. The van der Waals surface area contributed by atoms with Crippen LogP contribution in [-0.2, 0) is 9.59 Å². The van der Waals surface area contributed by atoms with Gasteiger partial charge >= 0.3 is 0 Å². The summed E-state index contributed by atoms with van der Waals surface area (Å²) in [4.78, 5) is 23.7. The van der Waals surface area contributed by atoms with E-state index in [-0.39, 0.29) is 18.4 Å². The van der Waals surface area contributed by atoms with Crippen molar-refractivity contribution in [3.63, 3.8) is 0 Å². The number of amides is 2. The zero-order chi connectivity index (χ0) is 23.3. The first kappa shape index (κ1) is 27.4. The molecule has 2 amide bonds. The van der Waals surface area contributed by atoms with Gasteiger partial charge in [0.05, 0.1) is 12.8 Å². The molecule has 0 aliphatic heterocycles. The van der Waals surface area contributed by atoms with Gasteiger partial charge in [0.1, 0.15) is 12.4 Å². The van der Waals surface area contributed by atoms with Crippen molar-refractivity contribution >= 4 is 18.0 Å². The summed E-state index contributed by atoms with van der Waals surface area (Å²) >= 11 is 0. The first-order valence-corrected chi connectivity index (χ1v) is 12.1. The highest BCUT2D eigenvalue weighted by atomic mass is 16.5. The summed E-state index contributed by atoms with van der Waals surface area (Å²) in [5.41, 5.74) is 3.22. The fraction of sp³-hybridized carbons (Fsp3) is 0.577. The highest BCUT2D eigenvalue weighted by Crippen LogP contribution is 2.12. The van der Waals surface area contributed by atoms with E-state index in [1.165, 1.54) is 64.0 Å². The third-order valence-electron chi connectivity index (χ3n) is 5.08. The van der Waals surface area contributed by atoms with E-state index >= 15 is 0 Å². The molecule has 6 nitrogen and oxygen atoms in total. The van der Waals surface area contributed by atoms with E-state index in [9.17, 15) is 9.59 Å². The van der Waals surface area contributed by atoms with Crippen molar-refractivity contribution in [1.29, 1.82) is 0 Å². The van der Waals surface area contributed by atoms with Crippen LogP contribution in [-0.4, -0.2) is 31.2 Å². The first-order valence-electron chi connectivity index (χ1n) is 12.1. The number of rotatable bonds is 19. The maximum absolute atomic E-state index is 11.9. The molecule has 0 unspecified atom stereocenters. The number of ether oxygens (including phenoxy) is 1. The number of carbonyl (C=O) groups excluding carboxylic acids is 2. The predicted molar refractivity (Wildman–Crippen MR) is 132 cm³/mol. The normalized spacial score (nSPS) is 10.8. The molecule has 32 heavy (non-hydrogen) atoms. The van der Waals surface area contributed by atoms with Crippen molar-refractivity contribution in [3.05, 3.63) is 42.5 Å². The molecule has 0 aromatic heterocycles. The van der Waals surface area contributed by atoms with Crippen LogP contribution in [0.1, 0.15) is 89.5 Å². The second-order valence-corrected chi connectivity index (χ2v) is 8.03. The van der Waals surface area contributed by atoms with Crippen molar-refractivity contribution in [2.45, 2.75) is 84.0 Å². The van der Waals surface area contributed by atoms with Gasteiger partial charge in [-0.2, -0.15) is 5.10 Å². The van der Waals surface area contributed by atoms with Crippen LogP contribution < -0.4 is 15.5 Å². The largest absolute Gasteiger partial charge is 0.490 e. The average Bonchev–Trinajstić information content (AvgIpc) is 2.80. The second-order valence-electron chi connectivity index (χ2n) is 8.03. The molecule has 0 saturated carbocycles. The number of nitrogens with zero attached hydrogens (tertiary/aromatic N) is 1. The predicted octanol–water partition coefficient (Wildman–Crippen LogP) is 5.52. The number of nitrogens with one attached hydrogen (secondary N) is 2. The van der Waals surface area contributed by atoms with Gasteiger partial charge in [-0.1, -0.05) is 95.9 Å². The lowest BCUT2D eigenvalue weighted by molar-refractivity contribution is -0.126. The van der Waals surface area contributed by atoms with E-state index in [2.05, 4.69) is 29.3 Å². The number of benzene rings is 1. The third-order valence-corrected chi connectivity index (χ3v) is 5.08. The first-order chi connectivity index (χ1) is 15.7. The molecule has 0 aliphatic carbocycles. The Morgan fingerprint density at radius 2 is 1.62 bits per heavy atom. The third kappa shape index (κ3) is 15.2. The van der Waals surface area contributed by atoms with E-state index in [1.807, 2.05) is 24.3 Å². The lowest BCUT2D eigenvalue weighted by Gasteiger charge is -2.05. The fourth-order valence-electron chi connectivity index (χ4n) is 3.28. The monoisotopic (exact) mass is 443 g/mol. The summed E-state index contributed by atoms with van der Waals surface area (Å²) < 4.78 is 5.45. The van der Waals surface area contributed by atoms with Crippen molar-refractivity contribution in [2.75, 3.05) is 13.2 Å². The van der Waals surface area contributed by atoms with Crippen molar-refractivity contribution in [1.82, 2.24) is 10.7 Å². The minimum absolute atomic E-state index is 0.0727. The van der Waals surface area contributed by atoms with Gasteiger partial charge in [-0.3, -0.25) is 9.59 Å². The van der Waals surface area contributed by atoms with Gasteiger partial charge in [0.2, 0.25) is 5.91 Å². The van der Waals surface area contributed by atoms with Crippen LogP contribution >= 0.6 is 0 Å². The Labute approximate surface area is 193 Å². The molecule has 0 bridgehead atoms. The number of hydrogen-bond donors (Lipinski definition) is 2. The standard InChI is InChI=1S/C26H41N3O3/c1-3-5-6-7-8-9-10-11-12-13-14-18-25(30)27-22-26(31)29-28-21-23-16-15-17-24(20-23)32-19-4-2/h4,15-17,20-21H,2-3,5-14,18-19,22H2,1H3,(H,27,30)(H,29,31)/b28-21+. The zero-order valence-corrected chi connectivity index (χ0v) is 19.7. The number of unbranched alkanes of at least 4 members (excludes halogenated alkanes) is 10. The van der Waals surface area contributed by atoms with Gasteiger partial charge in [0, 0.05) is 6.42 Å². The minimum Gasteiger partial charge on any atom is -0.490 e. The number of carbonyl (C=O) groups is 2. The Kier molecular flexibility index (Phi) is 16.3. The SMILES string of the molecule is C=CCOc1cccc(/C=N/NC(=O)CNC(=O)CCCCCCCCCCCCC)c1. The van der Waals surface area contributed by atoms with Crippen LogP contribution in [0.25, 0.3) is 0 Å². The highest BCUT2D eigenvalue weighted by Gasteiger charge is 2.04. The summed E-state index contributed by atoms with van der Waals surface area (Å²) in [6, 6.07) is 7.35. The van der Waals surface area contributed by atoms with Crippen LogP contribution in [0.4, 0.5) is 0 Å². The Balaban J connectivity index is 2.04. The maximum Gasteiger partial charge on any atom is 0.259 e. The van der Waals surface area contributed by atoms with Crippen molar-refractivity contribution in [3.8, 4) is 5.75 Å². The van der Waals surface area contributed by atoms with Gasteiger partial charge in [-0.25, -0.2) is 5.43 Å². The maximum atomic E-state index is 11.9. The molecular formula is C26H41N3O3. The number of hydrogen-bond acceptors (Lipinski definition) is 4. The van der Waals surface area contributed by atoms with Crippen molar-refractivity contribution < 1.29 is 14.3 Å². The summed E-state index contributed by atoms with van der Waals surface area (Å²) in [6.45, 7) is 6.21. The van der Waals surface area contributed by atoms with Crippen LogP contribution in [0.3, 0.4) is 0 Å². The highest BCUT2D eigenvalue weighted by molar-refractivity contribution is 5.86. The summed E-state index contributed by atoms with van der Waals surface area (Å²) in [7, 11) is 0. The Morgan fingerprint density at radius 3 is 2.28 bits per heavy atom. The molecule has 1 aromatic carbocycles. The fourth-order valence-corrected chi connectivity index (χ4v) is 3.28. The molecule has 0 saturated heterocycles. The van der Waals surface area contributed by atoms with Crippen LogP contribution in [0.2, 0.25) is 0 Å². The van der Waals surface area contributed by atoms with E-state index in [4.69, 9.17) is 4.74 Å².